The third-order valence-electron chi connectivity index (χ3n) is 3.09. The highest BCUT2D eigenvalue weighted by Crippen LogP contribution is 2.30. The number of aryl methyl sites for hydroxylation is 1. The van der Waals surface area contributed by atoms with E-state index >= 15 is 0 Å². The van der Waals surface area contributed by atoms with Crippen LogP contribution in [-0.2, 0) is 0 Å². The van der Waals surface area contributed by atoms with E-state index < -0.39 is 0 Å². The van der Waals surface area contributed by atoms with Crippen LogP contribution in [0.2, 0.25) is 0 Å². The summed E-state index contributed by atoms with van der Waals surface area (Å²) in [7, 11) is 0. The molecule has 2 aromatic rings. The number of hydrogen-bond donors (Lipinski definition) is 1. The maximum Gasteiger partial charge on any atom is 0.137 e. The van der Waals surface area contributed by atoms with Crippen molar-refractivity contribution in [3.05, 3.63) is 55.9 Å². The molecule has 0 aliphatic carbocycles. The molecule has 0 amide bonds. The fourth-order valence-corrected chi connectivity index (χ4v) is 3.22. The lowest BCUT2D eigenvalue weighted by Gasteiger charge is -2.19. The van der Waals surface area contributed by atoms with Crippen molar-refractivity contribution in [3.63, 3.8) is 0 Å². The molecule has 1 unspecified atom stereocenters. The van der Waals surface area contributed by atoms with E-state index in [2.05, 4.69) is 46.5 Å². The zero-order chi connectivity index (χ0) is 13.8. The van der Waals surface area contributed by atoms with E-state index in [1.54, 1.807) is 11.3 Å². The van der Waals surface area contributed by atoms with Gasteiger partial charge in [0.15, 0.2) is 0 Å². The summed E-state index contributed by atoms with van der Waals surface area (Å²) in [6, 6.07) is 7.50. The fourth-order valence-electron chi connectivity index (χ4n) is 2.08. The highest BCUT2D eigenvalue weighted by Gasteiger charge is 2.17. The lowest BCUT2D eigenvalue weighted by atomic mass is 9.99. The van der Waals surface area contributed by atoms with E-state index in [9.17, 15) is 4.39 Å². The molecule has 0 aliphatic rings. The second kappa shape index (κ2) is 6.64. The first-order valence-electron chi connectivity index (χ1n) is 6.35. The van der Waals surface area contributed by atoms with Gasteiger partial charge in [0, 0.05) is 4.88 Å². The van der Waals surface area contributed by atoms with Crippen LogP contribution in [0.5, 0.6) is 0 Å². The number of hydrogen-bond acceptors (Lipinski definition) is 2. The molecule has 1 aromatic carbocycles. The summed E-state index contributed by atoms with van der Waals surface area (Å²) in [4.78, 5) is 1.30. The maximum atomic E-state index is 13.4. The predicted molar refractivity (Wildman–Crippen MR) is 83.3 cm³/mol. The van der Waals surface area contributed by atoms with Gasteiger partial charge in [-0.1, -0.05) is 13.0 Å². The summed E-state index contributed by atoms with van der Waals surface area (Å²) >= 11 is 5.01. The number of nitrogens with one attached hydrogen (secondary N) is 1. The summed E-state index contributed by atoms with van der Waals surface area (Å²) < 4.78 is 13.9. The van der Waals surface area contributed by atoms with Gasteiger partial charge >= 0.3 is 0 Å². The molecule has 0 saturated heterocycles. The van der Waals surface area contributed by atoms with Crippen molar-refractivity contribution in [2.45, 2.75) is 26.3 Å². The Morgan fingerprint density at radius 2 is 2.16 bits per heavy atom. The Bertz CT molecular complexity index is 553. The summed E-state index contributed by atoms with van der Waals surface area (Å²) in [6.07, 6.45) is 1.07. The lowest BCUT2D eigenvalue weighted by molar-refractivity contribution is 0.590. The van der Waals surface area contributed by atoms with Crippen LogP contribution in [0.25, 0.3) is 0 Å². The van der Waals surface area contributed by atoms with Crippen LogP contribution in [0.15, 0.2) is 34.1 Å². The molecule has 1 nitrogen and oxygen atoms in total. The van der Waals surface area contributed by atoms with Gasteiger partial charge in [0.05, 0.1) is 10.5 Å². The predicted octanol–water partition coefficient (Wildman–Crippen LogP) is 5.05. The molecule has 1 atom stereocenters. The summed E-state index contributed by atoms with van der Waals surface area (Å²) in [5.74, 6) is -0.222. The lowest BCUT2D eigenvalue weighted by Crippen LogP contribution is -2.23. The van der Waals surface area contributed by atoms with Gasteiger partial charge in [-0.15, -0.1) is 11.3 Å². The molecule has 2 rings (SSSR count). The molecule has 1 heterocycles. The van der Waals surface area contributed by atoms with Crippen LogP contribution in [0.4, 0.5) is 4.39 Å². The average molecular weight is 342 g/mol. The first-order chi connectivity index (χ1) is 9.13. The molecule has 4 heteroatoms. The van der Waals surface area contributed by atoms with Gasteiger partial charge in [0.2, 0.25) is 0 Å². The van der Waals surface area contributed by atoms with Crippen LogP contribution < -0.4 is 5.32 Å². The van der Waals surface area contributed by atoms with E-state index in [-0.39, 0.29) is 11.9 Å². The topological polar surface area (TPSA) is 12.0 Å². The highest BCUT2D eigenvalue weighted by atomic mass is 79.9. The standard InChI is InChI=1S/C15H17BrFNS/c1-3-7-18-15(12-6-8-19-10(12)2)11-4-5-14(17)13(16)9-11/h4-6,8-9,15,18H,3,7H2,1-2H3. The monoisotopic (exact) mass is 341 g/mol. The molecule has 1 N–H and O–H groups in total. The fraction of sp³-hybridized carbons (Fsp3) is 0.333. The largest absolute Gasteiger partial charge is 0.306 e. The normalized spacial score (nSPS) is 12.6. The minimum atomic E-state index is -0.222. The third kappa shape index (κ3) is 3.44. The molecule has 0 bridgehead atoms. The Labute approximate surface area is 126 Å². The summed E-state index contributed by atoms with van der Waals surface area (Å²) in [5, 5.41) is 5.64. The van der Waals surface area contributed by atoms with Crippen molar-refractivity contribution in [3.8, 4) is 0 Å². The molecule has 102 valence electrons. The van der Waals surface area contributed by atoms with Gasteiger partial charge in [-0.25, -0.2) is 4.39 Å². The van der Waals surface area contributed by atoms with Crippen LogP contribution in [0, 0.1) is 12.7 Å². The van der Waals surface area contributed by atoms with Crippen molar-refractivity contribution in [2.75, 3.05) is 6.54 Å². The van der Waals surface area contributed by atoms with Crippen molar-refractivity contribution >= 4 is 27.3 Å². The van der Waals surface area contributed by atoms with E-state index in [1.165, 1.54) is 16.5 Å². The van der Waals surface area contributed by atoms with E-state index in [4.69, 9.17) is 0 Å². The van der Waals surface area contributed by atoms with Gasteiger partial charge in [0.25, 0.3) is 0 Å². The first-order valence-corrected chi connectivity index (χ1v) is 8.03. The quantitative estimate of drug-likeness (QED) is 0.802. The van der Waals surface area contributed by atoms with Crippen LogP contribution in [-0.4, -0.2) is 6.54 Å². The molecule has 0 radical (unpaired) electrons. The SMILES string of the molecule is CCCNC(c1ccc(F)c(Br)c1)c1ccsc1C. The third-order valence-corrected chi connectivity index (χ3v) is 4.55. The zero-order valence-electron chi connectivity index (χ0n) is 11.0. The molecule has 1 aromatic heterocycles. The second-order valence-electron chi connectivity index (χ2n) is 4.49. The highest BCUT2D eigenvalue weighted by molar-refractivity contribution is 9.10. The Hall–Kier alpha value is -0.710. The summed E-state index contributed by atoms with van der Waals surface area (Å²) in [5.41, 5.74) is 2.36. The Balaban J connectivity index is 2.37. The molecule has 0 aliphatic heterocycles. The number of halogens is 2. The van der Waals surface area contributed by atoms with Crippen molar-refractivity contribution in [2.24, 2.45) is 0 Å². The number of rotatable bonds is 5. The minimum absolute atomic E-state index is 0.128. The smallest absolute Gasteiger partial charge is 0.137 e. The van der Waals surface area contributed by atoms with Crippen LogP contribution in [0.3, 0.4) is 0 Å². The molecule has 19 heavy (non-hydrogen) atoms. The second-order valence-corrected chi connectivity index (χ2v) is 6.47. The van der Waals surface area contributed by atoms with E-state index in [0.717, 1.165) is 18.5 Å². The molecular weight excluding hydrogens is 325 g/mol. The molecule has 0 spiro atoms. The van der Waals surface area contributed by atoms with Crippen molar-refractivity contribution < 1.29 is 4.39 Å². The Morgan fingerprint density at radius 3 is 2.74 bits per heavy atom. The molecule has 0 saturated carbocycles. The summed E-state index contributed by atoms with van der Waals surface area (Å²) in [6.45, 7) is 5.21. The number of thiophene rings is 1. The van der Waals surface area contributed by atoms with Gasteiger partial charge in [-0.2, -0.15) is 0 Å². The number of benzene rings is 1. The zero-order valence-corrected chi connectivity index (χ0v) is 13.4. The minimum Gasteiger partial charge on any atom is -0.306 e. The average Bonchev–Trinajstić information content (AvgIpc) is 2.80. The first kappa shape index (κ1) is 14.7. The van der Waals surface area contributed by atoms with E-state index in [1.807, 2.05) is 12.1 Å². The van der Waals surface area contributed by atoms with Crippen LogP contribution in [0.1, 0.15) is 35.4 Å². The Kier molecular flexibility index (Phi) is 5.13. The van der Waals surface area contributed by atoms with Gasteiger partial charge < -0.3 is 5.32 Å². The molecular formula is C15H17BrFNS. The van der Waals surface area contributed by atoms with E-state index in [0.29, 0.717) is 4.47 Å². The molecule has 0 fully saturated rings. The van der Waals surface area contributed by atoms with Gasteiger partial charge in [0.1, 0.15) is 5.82 Å². The van der Waals surface area contributed by atoms with Gasteiger partial charge in [-0.3, -0.25) is 0 Å². The van der Waals surface area contributed by atoms with Crippen LogP contribution >= 0.6 is 27.3 Å². The van der Waals surface area contributed by atoms with Crippen molar-refractivity contribution in [1.82, 2.24) is 5.32 Å². The Morgan fingerprint density at radius 1 is 1.37 bits per heavy atom. The van der Waals surface area contributed by atoms with Crippen molar-refractivity contribution in [1.29, 1.82) is 0 Å². The van der Waals surface area contributed by atoms with Gasteiger partial charge in [-0.05, 0) is 70.5 Å². The maximum absolute atomic E-state index is 13.4.